The third-order valence-electron chi connectivity index (χ3n) is 2.33. The number of hydrogen-bond donors (Lipinski definition) is 2. The lowest BCUT2D eigenvalue weighted by Gasteiger charge is -2.15. The average Bonchev–Trinajstić information content (AvgIpc) is 2.25. The minimum absolute atomic E-state index is 0. The van der Waals surface area contributed by atoms with E-state index >= 15 is 0 Å². The molecule has 102 valence electrons. The van der Waals surface area contributed by atoms with Gasteiger partial charge in [0, 0.05) is 12.5 Å². The fraction of sp³-hybridized carbons (Fsp3) is 0.364. The van der Waals surface area contributed by atoms with Crippen molar-refractivity contribution in [2.24, 2.45) is 5.73 Å². The lowest BCUT2D eigenvalue weighted by molar-refractivity contribution is -0.136. The number of carbonyl (C=O) groups is 1. The van der Waals surface area contributed by atoms with E-state index in [4.69, 9.17) is 10.8 Å². The Kier molecular flexibility index (Phi) is 6.14. The highest BCUT2D eigenvalue weighted by Crippen LogP contribution is 2.27. The molecule has 0 aliphatic carbocycles. The van der Waals surface area contributed by atoms with E-state index in [0.29, 0.717) is 0 Å². The van der Waals surface area contributed by atoms with Crippen LogP contribution in [0.5, 0.6) is 0 Å². The van der Waals surface area contributed by atoms with Gasteiger partial charge in [-0.1, -0.05) is 18.2 Å². The van der Waals surface area contributed by atoms with Crippen molar-refractivity contribution >= 4 is 18.4 Å². The van der Waals surface area contributed by atoms with Gasteiger partial charge in [-0.05, 0) is 18.1 Å². The minimum Gasteiger partial charge on any atom is -0.478 e. The number of carboxylic acid groups (broad SMARTS) is 1. The molecule has 0 aliphatic rings. The Bertz CT molecular complexity index is 410. The summed E-state index contributed by atoms with van der Waals surface area (Å²) in [5.74, 6) is -1.19. The number of halogens is 4. The summed E-state index contributed by atoms with van der Waals surface area (Å²) in [6.07, 6.45) is -5.63. The van der Waals surface area contributed by atoms with Gasteiger partial charge in [-0.15, -0.1) is 12.4 Å². The summed E-state index contributed by atoms with van der Waals surface area (Å²) in [6, 6.07) is 4.89. The lowest BCUT2D eigenvalue weighted by atomic mass is 9.97. The second-order valence-electron chi connectivity index (χ2n) is 3.65. The third kappa shape index (κ3) is 4.93. The van der Waals surface area contributed by atoms with Crippen LogP contribution < -0.4 is 5.73 Å². The van der Waals surface area contributed by atoms with Crippen molar-refractivity contribution in [1.82, 2.24) is 0 Å². The molecule has 1 rings (SSSR count). The zero-order chi connectivity index (χ0) is 13.1. The van der Waals surface area contributed by atoms with E-state index in [9.17, 15) is 18.0 Å². The highest BCUT2D eigenvalue weighted by atomic mass is 35.5. The molecule has 0 heterocycles. The molecule has 0 spiro atoms. The van der Waals surface area contributed by atoms with Gasteiger partial charge in [0.1, 0.15) is 0 Å². The molecule has 0 radical (unpaired) electrons. The van der Waals surface area contributed by atoms with Gasteiger partial charge in [-0.25, -0.2) is 4.79 Å². The molecule has 0 aliphatic heterocycles. The Labute approximate surface area is 108 Å². The van der Waals surface area contributed by atoms with Gasteiger partial charge in [0.25, 0.3) is 0 Å². The van der Waals surface area contributed by atoms with Gasteiger partial charge in [0.05, 0.1) is 5.56 Å². The van der Waals surface area contributed by atoms with Crippen molar-refractivity contribution in [2.45, 2.75) is 25.1 Å². The first kappa shape index (κ1) is 16.7. The molecule has 0 fully saturated rings. The van der Waals surface area contributed by atoms with Crippen LogP contribution in [0.1, 0.15) is 34.8 Å². The van der Waals surface area contributed by atoms with Crippen molar-refractivity contribution in [2.75, 3.05) is 0 Å². The number of nitrogens with two attached hydrogens (primary N) is 1. The quantitative estimate of drug-likeness (QED) is 0.892. The van der Waals surface area contributed by atoms with Crippen molar-refractivity contribution in [3.63, 3.8) is 0 Å². The van der Waals surface area contributed by atoms with E-state index < -0.39 is 24.6 Å². The van der Waals surface area contributed by atoms with Crippen LogP contribution in [-0.4, -0.2) is 17.3 Å². The average molecular weight is 284 g/mol. The summed E-state index contributed by atoms with van der Waals surface area (Å²) in [5, 5.41) is 8.86. The van der Waals surface area contributed by atoms with Crippen LogP contribution in [0.3, 0.4) is 0 Å². The molecule has 1 atom stereocenters. The fourth-order valence-corrected chi connectivity index (χ4v) is 1.49. The zero-order valence-corrected chi connectivity index (χ0v) is 10.1. The van der Waals surface area contributed by atoms with E-state index in [1.807, 2.05) is 0 Å². The van der Waals surface area contributed by atoms with Gasteiger partial charge in [0.2, 0.25) is 0 Å². The molecule has 0 amide bonds. The van der Waals surface area contributed by atoms with E-state index in [1.165, 1.54) is 18.2 Å². The molecule has 3 nitrogen and oxygen atoms in total. The maximum atomic E-state index is 12.0. The molecule has 0 bridgehead atoms. The van der Waals surface area contributed by atoms with Crippen molar-refractivity contribution in [3.8, 4) is 0 Å². The zero-order valence-electron chi connectivity index (χ0n) is 9.28. The van der Waals surface area contributed by atoms with Crippen LogP contribution in [-0.2, 0) is 0 Å². The Hall–Kier alpha value is -1.27. The maximum Gasteiger partial charge on any atom is 0.389 e. The van der Waals surface area contributed by atoms with Crippen LogP contribution in [0.2, 0.25) is 0 Å². The minimum atomic E-state index is -4.28. The second kappa shape index (κ2) is 6.61. The fourth-order valence-electron chi connectivity index (χ4n) is 1.49. The van der Waals surface area contributed by atoms with Crippen molar-refractivity contribution in [3.05, 3.63) is 35.4 Å². The highest BCUT2D eigenvalue weighted by molar-refractivity contribution is 5.89. The third-order valence-corrected chi connectivity index (χ3v) is 2.33. The Morgan fingerprint density at radius 1 is 1.33 bits per heavy atom. The van der Waals surface area contributed by atoms with E-state index in [2.05, 4.69) is 0 Å². The largest absolute Gasteiger partial charge is 0.478 e. The summed E-state index contributed by atoms with van der Waals surface area (Å²) >= 11 is 0. The van der Waals surface area contributed by atoms with E-state index in [0.717, 1.165) is 0 Å². The lowest BCUT2D eigenvalue weighted by Crippen LogP contribution is -2.18. The predicted octanol–water partition coefficient (Wildman–Crippen LogP) is 3.15. The summed E-state index contributed by atoms with van der Waals surface area (Å²) in [5.41, 5.74) is 5.75. The van der Waals surface area contributed by atoms with Gasteiger partial charge in [0.15, 0.2) is 0 Å². The summed E-state index contributed by atoms with van der Waals surface area (Å²) in [4.78, 5) is 10.8. The number of hydrogen-bond acceptors (Lipinski definition) is 2. The van der Waals surface area contributed by atoms with Crippen LogP contribution in [0, 0.1) is 0 Å². The summed E-state index contributed by atoms with van der Waals surface area (Å²) < 4.78 is 36.1. The van der Waals surface area contributed by atoms with Gasteiger partial charge in [-0.2, -0.15) is 13.2 Å². The molecule has 0 unspecified atom stereocenters. The molecule has 0 saturated carbocycles. The SMILES string of the molecule is Cl.N[C@H](CCC(F)(F)F)c1ccccc1C(=O)O. The Balaban J connectivity index is 0.00000289. The number of carboxylic acids is 1. The summed E-state index contributed by atoms with van der Waals surface area (Å²) in [7, 11) is 0. The molecular formula is C11H13ClF3NO2. The van der Waals surface area contributed by atoms with Crippen LogP contribution in [0.25, 0.3) is 0 Å². The topological polar surface area (TPSA) is 63.3 Å². The number of benzene rings is 1. The molecule has 1 aromatic rings. The summed E-state index contributed by atoms with van der Waals surface area (Å²) in [6.45, 7) is 0. The van der Waals surface area contributed by atoms with Gasteiger partial charge < -0.3 is 10.8 Å². The van der Waals surface area contributed by atoms with Crippen molar-refractivity contribution in [1.29, 1.82) is 0 Å². The van der Waals surface area contributed by atoms with Crippen LogP contribution >= 0.6 is 12.4 Å². The Morgan fingerprint density at radius 2 is 1.89 bits per heavy atom. The normalized spacial score (nSPS) is 12.7. The first-order valence-corrected chi connectivity index (χ1v) is 4.96. The number of alkyl halides is 3. The molecular weight excluding hydrogens is 271 g/mol. The molecule has 1 aromatic carbocycles. The van der Waals surface area contributed by atoms with Crippen LogP contribution in [0.15, 0.2) is 24.3 Å². The molecule has 18 heavy (non-hydrogen) atoms. The standard InChI is InChI=1S/C11H12F3NO2.ClH/c12-11(13,14)6-5-9(15)7-3-1-2-4-8(7)10(16)17;/h1-4,9H,5-6,15H2,(H,16,17);1H/t9-;/m1./s1. The van der Waals surface area contributed by atoms with Crippen LogP contribution in [0.4, 0.5) is 13.2 Å². The highest BCUT2D eigenvalue weighted by Gasteiger charge is 2.28. The monoisotopic (exact) mass is 283 g/mol. The van der Waals surface area contributed by atoms with Gasteiger partial charge in [-0.3, -0.25) is 0 Å². The number of aromatic carboxylic acids is 1. The number of rotatable bonds is 4. The maximum absolute atomic E-state index is 12.0. The Morgan fingerprint density at radius 3 is 2.39 bits per heavy atom. The predicted molar refractivity (Wildman–Crippen MR) is 62.9 cm³/mol. The van der Waals surface area contributed by atoms with Crippen molar-refractivity contribution < 1.29 is 23.1 Å². The second-order valence-corrected chi connectivity index (χ2v) is 3.65. The molecule has 0 saturated heterocycles. The smallest absolute Gasteiger partial charge is 0.389 e. The first-order chi connectivity index (χ1) is 7.81. The van der Waals surface area contributed by atoms with E-state index in [1.54, 1.807) is 6.07 Å². The molecule has 7 heteroatoms. The first-order valence-electron chi connectivity index (χ1n) is 4.96. The van der Waals surface area contributed by atoms with Gasteiger partial charge >= 0.3 is 12.1 Å². The molecule has 3 N–H and O–H groups in total. The van der Waals surface area contributed by atoms with E-state index in [-0.39, 0.29) is 30.0 Å². The molecule has 0 aromatic heterocycles.